The van der Waals surface area contributed by atoms with Gasteiger partial charge in [-0.25, -0.2) is 9.97 Å². The second kappa shape index (κ2) is 7.26. The highest BCUT2D eigenvalue weighted by Crippen LogP contribution is 2.34. The van der Waals surface area contributed by atoms with Crippen LogP contribution in [0.5, 0.6) is 0 Å². The Morgan fingerprint density at radius 2 is 1.93 bits per heavy atom. The van der Waals surface area contributed by atoms with Gasteiger partial charge < -0.3 is 4.90 Å². The van der Waals surface area contributed by atoms with E-state index in [9.17, 15) is 18.0 Å². The molecule has 1 aliphatic carbocycles. The van der Waals surface area contributed by atoms with Gasteiger partial charge in [-0.3, -0.25) is 9.36 Å². The van der Waals surface area contributed by atoms with Crippen LogP contribution in [0.15, 0.2) is 17.2 Å². The Kier molecular flexibility index (Phi) is 4.96. The second-order valence-electron chi connectivity index (χ2n) is 7.27. The largest absolute Gasteiger partial charge is 0.433 e. The summed E-state index contributed by atoms with van der Waals surface area (Å²) in [5.41, 5.74) is -0.524. The fraction of sp³-hybridized carbons (Fsp3) is 0.611. The molecule has 2 aliphatic rings. The molecule has 4 rings (SSSR count). The quantitative estimate of drug-likeness (QED) is 0.794. The van der Waals surface area contributed by atoms with Crippen LogP contribution in [0, 0.1) is 5.92 Å². The third-order valence-corrected chi connectivity index (χ3v) is 6.56. The van der Waals surface area contributed by atoms with E-state index in [1.807, 2.05) is 0 Å². The van der Waals surface area contributed by atoms with Gasteiger partial charge in [0.15, 0.2) is 10.8 Å². The van der Waals surface area contributed by atoms with Crippen molar-refractivity contribution >= 4 is 16.5 Å². The second-order valence-corrected chi connectivity index (χ2v) is 8.33. The average molecular weight is 398 g/mol. The fourth-order valence-corrected chi connectivity index (χ4v) is 4.98. The van der Waals surface area contributed by atoms with Gasteiger partial charge in [0.2, 0.25) is 0 Å². The normalized spacial score (nSPS) is 18.6. The molecule has 27 heavy (non-hydrogen) atoms. The van der Waals surface area contributed by atoms with Crippen molar-refractivity contribution in [2.45, 2.75) is 51.2 Å². The molecule has 0 atom stereocenters. The number of thiazole rings is 1. The Morgan fingerprint density at radius 1 is 1.19 bits per heavy atom. The lowest BCUT2D eigenvalue weighted by atomic mass is 9.97. The maximum absolute atomic E-state index is 12.6. The van der Waals surface area contributed by atoms with Gasteiger partial charge in [-0.1, -0.05) is 0 Å². The minimum atomic E-state index is -4.59. The first-order chi connectivity index (χ1) is 12.9. The fourth-order valence-electron chi connectivity index (χ4n) is 3.78. The van der Waals surface area contributed by atoms with E-state index in [1.165, 1.54) is 28.0 Å². The molecule has 146 valence electrons. The topological polar surface area (TPSA) is 51.0 Å². The first-order valence-corrected chi connectivity index (χ1v) is 10.1. The van der Waals surface area contributed by atoms with Crippen LogP contribution >= 0.6 is 11.3 Å². The molecule has 3 heterocycles. The van der Waals surface area contributed by atoms with E-state index in [4.69, 9.17) is 4.98 Å². The van der Waals surface area contributed by atoms with Crippen LogP contribution < -0.4 is 10.5 Å². The summed E-state index contributed by atoms with van der Waals surface area (Å²) in [5.74, 6) is 0.257. The SMILES string of the molecule is O=c1cc(C(F)(F)F)ncn1CC1CCN(c2nc3c(s2)CCCC3)CC1. The number of hydrogen-bond acceptors (Lipinski definition) is 5. The summed E-state index contributed by atoms with van der Waals surface area (Å²) in [7, 11) is 0. The highest BCUT2D eigenvalue weighted by molar-refractivity contribution is 7.15. The van der Waals surface area contributed by atoms with E-state index in [-0.39, 0.29) is 5.92 Å². The number of fused-ring (bicyclic) bond motifs is 1. The van der Waals surface area contributed by atoms with Crippen molar-refractivity contribution in [1.29, 1.82) is 0 Å². The van der Waals surface area contributed by atoms with Crippen LogP contribution in [-0.2, 0) is 25.6 Å². The summed E-state index contributed by atoms with van der Waals surface area (Å²) in [6.07, 6.45) is 2.87. The van der Waals surface area contributed by atoms with Crippen LogP contribution in [0.4, 0.5) is 18.3 Å². The number of nitrogens with zero attached hydrogens (tertiary/aromatic N) is 4. The number of alkyl halides is 3. The van der Waals surface area contributed by atoms with Crippen LogP contribution in [0.3, 0.4) is 0 Å². The summed E-state index contributed by atoms with van der Waals surface area (Å²) >= 11 is 1.80. The molecule has 2 aromatic heterocycles. The molecule has 2 aromatic rings. The predicted molar refractivity (Wildman–Crippen MR) is 97.2 cm³/mol. The van der Waals surface area contributed by atoms with Gasteiger partial charge in [-0.05, 0) is 44.4 Å². The van der Waals surface area contributed by atoms with Crippen LogP contribution in [-0.4, -0.2) is 27.6 Å². The molecule has 1 aliphatic heterocycles. The number of hydrogen-bond donors (Lipinski definition) is 0. The van der Waals surface area contributed by atoms with Crippen molar-refractivity contribution in [3.05, 3.63) is 39.0 Å². The number of halogens is 3. The van der Waals surface area contributed by atoms with Crippen molar-refractivity contribution in [3.8, 4) is 0 Å². The van der Waals surface area contributed by atoms with Gasteiger partial charge in [0.05, 0.1) is 12.0 Å². The minimum absolute atomic E-state index is 0.257. The number of rotatable bonds is 3. The summed E-state index contributed by atoms with van der Waals surface area (Å²) in [4.78, 5) is 23.9. The smallest absolute Gasteiger partial charge is 0.348 e. The highest BCUT2D eigenvalue weighted by Gasteiger charge is 2.33. The van der Waals surface area contributed by atoms with Crippen LogP contribution in [0.2, 0.25) is 0 Å². The molecule has 0 unspecified atom stereocenters. The lowest BCUT2D eigenvalue weighted by Crippen LogP contribution is -2.36. The molecule has 5 nitrogen and oxygen atoms in total. The van der Waals surface area contributed by atoms with Gasteiger partial charge in [-0.15, -0.1) is 11.3 Å². The summed E-state index contributed by atoms with van der Waals surface area (Å²) in [6.45, 7) is 2.13. The lowest BCUT2D eigenvalue weighted by molar-refractivity contribution is -0.141. The summed E-state index contributed by atoms with van der Waals surface area (Å²) in [5, 5.41) is 1.09. The third kappa shape index (κ3) is 4.02. The molecule has 0 aromatic carbocycles. The monoisotopic (exact) mass is 398 g/mol. The number of anilines is 1. The van der Waals surface area contributed by atoms with Gasteiger partial charge in [-0.2, -0.15) is 13.2 Å². The van der Waals surface area contributed by atoms with E-state index in [0.717, 1.165) is 50.2 Å². The van der Waals surface area contributed by atoms with Crippen molar-refractivity contribution in [3.63, 3.8) is 0 Å². The first-order valence-electron chi connectivity index (χ1n) is 9.27. The molecule has 0 N–H and O–H groups in total. The third-order valence-electron chi connectivity index (χ3n) is 5.34. The molecule has 0 bridgehead atoms. The van der Waals surface area contributed by atoms with Gasteiger partial charge in [0, 0.05) is 30.6 Å². The zero-order chi connectivity index (χ0) is 19.0. The standard InChI is InChI=1S/C18H21F3N4OS/c19-18(20,21)15-9-16(26)25(11-22-15)10-12-5-7-24(8-6-12)17-23-13-3-1-2-4-14(13)27-17/h9,11-12H,1-8,10H2. The number of aromatic nitrogens is 3. The zero-order valence-electron chi connectivity index (χ0n) is 14.8. The lowest BCUT2D eigenvalue weighted by Gasteiger charge is -2.32. The minimum Gasteiger partial charge on any atom is -0.348 e. The van der Waals surface area contributed by atoms with E-state index in [0.29, 0.717) is 12.6 Å². The highest BCUT2D eigenvalue weighted by atomic mass is 32.1. The van der Waals surface area contributed by atoms with Crippen LogP contribution in [0.1, 0.15) is 41.9 Å². The molecule has 0 amide bonds. The van der Waals surface area contributed by atoms with Gasteiger partial charge in [0.1, 0.15) is 0 Å². The molecular formula is C18H21F3N4OS. The number of aryl methyl sites for hydroxylation is 2. The van der Waals surface area contributed by atoms with Crippen LogP contribution in [0.25, 0.3) is 0 Å². The van der Waals surface area contributed by atoms with Crippen molar-refractivity contribution in [1.82, 2.24) is 14.5 Å². The van der Waals surface area contributed by atoms with Gasteiger partial charge in [0.25, 0.3) is 5.56 Å². The van der Waals surface area contributed by atoms with E-state index < -0.39 is 17.4 Å². The molecule has 9 heteroatoms. The maximum atomic E-state index is 12.6. The van der Waals surface area contributed by atoms with Crippen molar-refractivity contribution in [2.75, 3.05) is 18.0 Å². The zero-order valence-corrected chi connectivity index (χ0v) is 15.7. The predicted octanol–water partition coefficient (Wildman–Crippen LogP) is 3.51. The maximum Gasteiger partial charge on any atom is 0.433 e. The molecule has 1 saturated heterocycles. The van der Waals surface area contributed by atoms with E-state index >= 15 is 0 Å². The molecule has 0 radical (unpaired) electrons. The average Bonchev–Trinajstić information content (AvgIpc) is 3.07. The number of piperidine rings is 1. The van der Waals surface area contributed by atoms with Gasteiger partial charge >= 0.3 is 6.18 Å². The Hall–Kier alpha value is -1.90. The Bertz CT molecular complexity index is 845. The van der Waals surface area contributed by atoms with Crippen molar-refractivity contribution in [2.24, 2.45) is 5.92 Å². The summed E-state index contributed by atoms with van der Waals surface area (Å²) in [6, 6.07) is 0.579. The Labute approximate surface area is 158 Å². The molecule has 1 fully saturated rings. The molecular weight excluding hydrogens is 377 g/mol. The van der Waals surface area contributed by atoms with E-state index in [1.54, 1.807) is 11.3 Å². The van der Waals surface area contributed by atoms with Crippen molar-refractivity contribution < 1.29 is 13.2 Å². The Balaban J connectivity index is 1.37. The summed E-state index contributed by atoms with van der Waals surface area (Å²) < 4.78 is 39.2. The molecule has 0 saturated carbocycles. The molecule has 0 spiro atoms. The van der Waals surface area contributed by atoms with E-state index in [2.05, 4.69) is 9.88 Å². The Morgan fingerprint density at radius 3 is 2.59 bits per heavy atom. The first kappa shape index (κ1) is 18.5.